The van der Waals surface area contributed by atoms with Crippen LogP contribution in [-0.4, -0.2) is 14.0 Å². The highest BCUT2D eigenvalue weighted by molar-refractivity contribution is 6.13. The Morgan fingerprint density at radius 1 is 1.38 bits per heavy atom. The molecular formula is C4H4BF3. The Bertz CT molecular complexity index is 97.9. The molecule has 1 fully saturated rings. The largest absolute Gasteiger partial charge is 0.391 e. The van der Waals surface area contributed by atoms with Crippen LogP contribution in [0.1, 0.15) is 6.42 Å². The summed E-state index contributed by atoms with van der Waals surface area (Å²) in [6.07, 6.45) is -3.93. The van der Waals surface area contributed by atoms with Crippen LogP contribution in [0.3, 0.4) is 0 Å². The van der Waals surface area contributed by atoms with Crippen LogP contribution in [0.15, 0.2) is 0 Å². The van der Waals surface area contributed by atoms with Crippen LogP contribution < -0.4 is 0 Å². The fraction of sp³-hybridized carbons (Fsp3) is 1.00. The SMILES string of the molecule is [B][C@H]1C[C@@H]1C(F)(F)F. The van der Waals surface area contributed by atoms with Crippen molar-refractivity contribution in [2.75, 3.05) is 0 Å². The number of halogens is 3. The molecule has 1 saturated carbocycles. The lowest BCUT2D eigenvalue weighted by Gasteiger charge is -2.01. The molecule has 0 bridgehead atoms. The smallest absolute Gasteiger partial charge is 0.171 e. The van der Waals surface area contributed by atoms with E-state index in [4.69, 9.17) is 7.85 Å². The summed E-state index contributed by atoms with van der Waals surface area (Å²) in [5, 5.41) is 0. The first kappa shape index (κ1) is 5.98. The predicted octanol–water partition coefficient (Wildman–Crippen LogP) is 1.53. The lowest BCUT2D eigenvalue weighted by atomic mass is 10.0. The molecule has 0 saturated heterocycles. The van der Waals surface area contributed by atoms with E-state index in [1.165, 1.54) is 0 Å². The van der Waals surface area contributed by atoms with Gasteiger partial charge < -0.3 is 0 Å². The number of hydrogen-bond acceptors (Lipinski definition) is 0. The number of alkyl halides is 3. The molecule has 0 aromatic rings. The van der Waals surface area contributed by atoms with E-state index < -0.39 is 17.9 Å². The third kappa shape index (κ3) is 0.982. The van der Waals surface area contributed by atoms with Crippen molar-refractivity contribution < 1.29 is 13.2 Å². The Morgan fingerprint density at radius 2 is 1.75 bits per heavy atom. The second-order valence-electron chi connectivity index (χ2n) is 2.05. The zero-order chi connectivity index (χ0) is 6.36. The quantitative estimate of drug-likeness (QED) is 0.425. The lowest BCUT2D eigenvalue weighted by molar-refractivity contribution is -0.147. The Morgan fingerprint density at radius 3 is 1.75 bits per heavy atom. The van der Waals surface area contributed by atoms with Gasteiger partial charge >= 0.3 is 6.18 Å². The summed E-state index contributed by atoms with van der Waals surface area (Å²) in [5.74, 6) is -1.82. The van der Waals surface area contributed by atoms with E-state index in [-0.39, 0.29) is 6.42 Å². The lowest BCUT2D eigenvalue weighted by Crippen LogP contribution is -2.10. The summed E-state index contributed by atoms with van der Waals surface area (Å²) in [4.78, 5) is 0. The summed E-state index contributed by atoms with van der Waals surface area (Å²) >= 11 is 0. The maximum atomic E-state index is 11.4. The topological polar surface area (TPSA) is 0 Å². The minimum atomic E-state index is -4.04. The predicted molar refractivity (Wildman–Crippen MR) is 23.7 cm³/mol. The molecular weight excluding hydrogens is 116 g/mol. The van der Waals surface area contributed by atoms with Gasteiger partial charge in [-0.25, -0.2) is 0 Å². The molecule has 2 radical (unpaired) electrons. The summed E-state index contributed by atoms with van der Waals surface area (Å²) in [5.41, 5.74) is 0. The summed E-state index contributed by atoms with van der Waals surface area (Å²) in [6.45, 7) is 0. The van der Waals surface area contributed by atoms with Crippen LogP contribution >= 0.6 is 0 Å². The fourth-order valence-corrected chi connectivity index (χ4v) is 0.591. The minimum absolute atomic E-state index is 0.115. The Kier molecular flexibility index (Phi) is 1.06. The maximum Gasteiger partial charge on any atom is 0.391 e. The first-order chi connectivity index (χ1) is 3.52. The molecule has 1 aliphatic carbocycles. The van der Waals surface area contributed by atoms with E-state index in [0.717, 1.165) is 0 Å². The van der Waals surface area contributed by atoms with Gasteiger partial charge in [0, 0.05) is 5.92 Å². The first-order valence-corrected chi connectivity index (χ1v) is 2.34. The third-order valence-electron chi connectivity index (χ3n) is 1.26. The molecule has 0 nitrogen and oxygen atoms in total. The van der Waals surface area contributed by atoms with Gasteiger partial charge in [-0.1, -0.05) is 5.82 Å². The zero-order valence-corrected chi connectivity index (χ0v) is 4.07. The van der Waals surface area contributed by atoms with Crippen LogP contribution in [0.25, 0.3) is 0 Å². The van der Waals surface area contributed by atoms with E-state index in [9.17, 15) is 13.2 Å². The van der Waals surface area contributed by atoms with Crippen molar-refractivity contribution in [2.45, 2.75) is 18.4 Å². The minimum Gasteiger partial charge on any atom is -0.171 e. The molecule has 0 aliphatic heterocycles. The average Bonchev–Trinajstić information content (AvgIpc) is 2.13. The third-order valence-corrected chi connectivity index (χ3v) is 1.26. The Hall–Kier alpha value is -0.145. The molecule has 0 N–H and O–H groups in total. The van der Waals surface area contributed by atoms with E-state index in [2.05, 4.69) is 0 Å². The van der Waals surface area contributed by atoms with Crippen molar-refractivity contribution in [1.82, 2.24) is 0 Å². The molecule has 0 aromatic heterocycles. The first-order valence-electron chi connectivity index (χ1n) is 2.34. The van der Waals surface area contributed by atoms with Gasteiger partial charge in [0.15, 0.2) is 0 Å². The van der Waals surface area contributed by atoms with Crippen LogP contribution in [0.5, 0.6) is 0 Å². The monoisotopic (exact) mass is 120 g/mol. The normalized spacial score (nSPS) is 37.4. The van der Waals surface area contributed by atoms with Gasteiger partial charge in [-0.05, 0) is 6.42 Å². The summed E-state index contributed by atoms with van der Waals surface area (Å²) in [6, 6.07) is 0. The molecule has 0 amide bonds. The van der Waals surface area contributed by atoms with Crippen molar-refractivity contribution in [3.63, 3.8) is 0 Å². The Labute approximate surface area is 46.5 Å². The molecule has 0 aromatic carbocycles. The van der Waals surface area contributed by atoms with Crippen LogP contribution in [-0.2, 0) is 0 Å². The van der Waals surface area contributed by atoms with Gasteiger partial charge in [-0.15, -0.1) is 0 Å². The molecule has 0 heterocycles. The van der Waals surface area contributed by atoms with E-state index in [1.807, 2.05) is 0 Å². The molecule has 8 heavy (non-hydrogen) atoms. The van der Waals surface area contributed by atoms with Gasteiger partial charge in [0.2, 0.25) is 0 Å². The highest BCUT2D eigenvalue weighted by Crippen LogP contribution is 2.52. The van der Waals surface area contributed by atoms with Gasteiger partial charge in [0.05, 0.1) is 7.85 Å². The van der Waals surface area contributed by atoms with Crippen LogP contribution in [0.2, 0.25) is 5.82 Å². The molecule has 0 spiro atoms. The van der Waals surface area contributed by atoms with Gasteiger partial charge in [0.1, 0.15) is 0 Å². The van der Waals surface area contributed by atoms with Crippen molar-refractivity contribution >= 4 is 7.85 Å². The number of hydrogen-bond donors (Lipinski definition) is 0. The van der Waals surface area contributed by atoms with Crippen LogP contribution in [0, 0.1) is 5.92 Å². The second-order valence-corrected chi connectivity index (χ2v) is 2.05. The molecule has 1 aliphatic rings. The highest BCUT2D eigenvalue weighted by Gasteiger charge is 2.52. The van der Waals surface area contributed by atoms with Gasteiger partial charge in [-0.3, -0.25) is 0 Å². The summed E-state index contributed by atoms with van der Waals surface area (Å²) < 4.78 is 34.2. The molecule has 2 atom stereocenters. The number of rotatable bonds is 0. The highest BCUT2D eigenvalue weighted by atomic mass is 19.4. The van der Waals surface area contributed by atoms with Crippen LogP contribution in [0.4, 0.5) is 13.2 Å². The van der Waals surface area contributed by atoms with Crippen molar-refractivity contribution in [1.29, 1.82) is 0 Å². The average molecular weight is 120 g/mol. The molecule has 4 heteroatoms. The van der Waals surface area contributed by atoms with E-state index >= 15 is 0 Å². The van der Waals surface area contributed by atoms with Crippen molar-refractivity contribution in [2.24, 2.45) is 5.92 Å². The standard InChI is InChI=1S/C4H4BF3/c5-3-1-2(3)4(6,7)8/h2-3H,1H2/t2-,3-/m0/s1. The fourth-order valence-electron chi connectivity index (χ4n) is 0.591. The van der Waals surface area contributed by atoms with Crippen molar-refractivity contribution in [3.05, 3.63) is 0 Å². The van der Waals surface area contributed by atoms with E-state index in [1.54, 1.807) is 0 Å². The molecule has 0 unspecified atom stereocenters. The van der Waals surface area contributed by atoms with Gasteiger partial charge in [0.25, 0.3) is 0 Å². The molecule has 44 valence electrons. The summed E-state index contributed by atoms with van der Waals surface area (Å²) in [7, 11) is 4.93. The van der Waals surface area contributed by atoms with Gasteiger partial charge in [-0.2, -0.15) is 13.2 Å². The molecule has 1 rings (SSSR count). The Balaban J connectivity index is 2.39. The van der Waals surface area contributed by atoms with E-state index in [0.29, 0.717) is 0 Å². The zero-order valence-electron chi connectivity index (χ0n) is 4.07. The second kappa shape index (κ2) is 1.42. The van der Waals surface area contributed by atoms with Crippen molar-refractivity contribution in [3.8, 4) is 0 Å². The maximum absolute atomic E-state index is 11.4.